The summed E-state index contributed by atoms with van der Waals surface area (Å²) in [6, 6.07) is 15.5. The molecule has 4 rings (SSSR count). The summed E-state index contributed by atoms with van der Waals surface area (Å²) >= 11 is 0. The molecular formula is C23H26N4O3. The van der Waals surface area contributed by atoms with Crippen molar-refractivity contribution in [3.63, 3.8) is 0 Å². The van der Waals surface area contributed by atoms with E-state index in [4.69, 9.17) is 9.15 Å². The molecule has 2 amide bonds. The summed E-state index contributed by atoms with van der Waals surface area (Å²) in [5, 5.41) is 11.5. The van der Waals surface area contributed by atoms with Crippen LogP contribution in [0.3, 0.4) is 0 Å². The van der Waals surface area contributed by atoms with Gasteiger partial charge in [0.2, 0.25) is 11.8 Å². The third-order valence-corrected chi connectivity index (χ3v) is 5.65. The second kappa shape index (κ2) is 8.67. The average Bonchev–Trinajstić information content (AvgIpc) is 3.39. The predicted octanol–water partition coefficient (Wildman–Crippen LogP) is 4.25. The van der Waals surface area contributed by atoms with Gasteiger partial charge in [0.05, 0.1) is 12.5 Å². The number of aryl methyl sites for hydroxylation is 2. The molecule has 2 atom stereocenters. The van der Waals surface area contributed by atoms with Gasteiger partial charge in [0.1, 0.15) is 0 Å². The van der Waals surface area contributed by atoms with Crippen LogP contribution in [0.4, 0.5) is 10.5 Å². The van der Waals surface area contributed by atoms with Crippen molar-refractivity contribution in [1.29, 1.82) is 0 Å². The van der Waals surface area contributed by atoms with Gasteiger partial charge in [-0.2, -0.15) is 0 Å². The van der Waals surface area contributed by atoms with Crippen molar-refractivity contribution >= 4 is 11.7 Å². The highest BCUT2D eigenvalue weighted by molar-refractivity contribution is 5.89. The molecule has 156 valence electrons. The number of hydrogen-bond donors (Lipinski definition) is 1. The molecule has 3 aromatic rings. The molecule has 7 nitrogen and oxygen atoms in total. The van der Waals surface area contributed by atoms with Gasteiger partial charge in [0.15, 0.2) is 0 Å². The number of urea groups is 1. The van der Waals surface area contributed by atoms with Gasteiger partial charge < -0.3 is 19.4 Å². The Labute approximate surface area is 176 Å². The summed E-state index contributed by atoms with van der Waals surface area (Å²) in [5.41, 5.74) is 4.00. The topological polar surface area (TPSA) is 80.5 Å². The van der Waals surface area contributed by atoms with Crippen LogP contribution in [0.25, 0.3) is 11.5 Å². The molecule has 0 unspecified atom stereocenters. The monoisotopic (exact) mass is 406 g/mol. The maximum Gasteiger partial charge on any atom is 0.321 e. The Kier molecular flexibility index (Phi) is 5.81. The SMILES string of the molecule is COC[C@@H]1CN(C(=O)Nc2ccc(C)c(C)c2)C[C@H]1c1nnc(-c2ccccc2)o1. The van der Waals surface area contributed by atoms with Crippen molar-refractivity contribution in [3.05, 3.63) is 65.5 Å². The molecule has 0 spiro atoms. The summed E-state index contributed by atoms with van der Waals surface area (Å²) in [6.07, 6.45) is 0. The predicted molar refractivity (Wildman–Crippen MR) is 114 cm³/mol. The second-order valence-electron chi connectivity index (χ2n) is 7.77. The van der Waals surface area contributed by atoms with E-state index in [1.54, 1.807) is 12.0 Å². The smallest absolute Gasteiger partial charge is 0.321 e. The van der Waals surface area contributed by atoms with Gasteiger partial charge in [-0.25, -0.2) is 4.79 Å². The number of hydrogen-bond acceptors (Lipinski definition) is 5. The molecule has 1 saturated heterocycles. The summed E-state index contributed by atoms with van der Waals surface area (Å²) in [4.78, 5) is 14.7. The zero-order valence-corrected chi connectivity index (χ0v) is 17.5. The van der Waals surface area contributed by atoms with Gasteiger partial charge in [-0.15, -0.1) is 10.2 Å². The zero-order valence-electron chi connectivity index (χ0n) is 17.5. The van der Waals surface area contributed by atoms with Crippen LogP contribution in [0.15, 0.2) is 52.9 Å². The molecule has 0 saturated carbocycles. The number of benzene rings is 2. The lowest BCUT2D eigenvalue weighted by molar-refractivity contribution is 0.145. The summed E-state index contributed by atoms with van der Waals surface area (Å²) in [5.74, 6) is 1.04. The molecule has 0 bridgehead atoms. The van der Waals surface area contributed by atoms with Gasteiger partial charge >= 0.3 is 6.03 Å². The molecule has 1 aliphatic heterocycles. The summed E-state index contributed by atoms with van der Waals surface area (Å²) in [6.45, 7) is 5.67. The zero-order chi connectivity index (χ0) is 21.1. The Hall–Kier alpha value is -3.19. The van der Waals surface area contributed by atoms with E-state index in [0.717, 1.165) is 16.8 Å². The number of nitrogens with zero attached hydrogens (tertiary/aromatic N) is 3. The van der Waals surface area contributed by atoms with Crippen LogP contribution >= 0.6 is 0 Å². The molecule has 1 aliphatic rings. The third kappa shape index (κ3) is 4.21. The van der Waals surface area contributed by atoms with Crippen LogP contribution in [0.5, 0.6) is 0 Å². The highest BCUT2D eigenvalue weighted by Gasteiger charge is 2.39. The fourth-order valence-electron chi connectivity index (χ4n) is 3.80. The van der Waals surface area contributed by atoms with Crippen LogP contribution in [-0.2, 0) is 4.74 Å². The number of aromatic nitrogens is 2. The van der Waals surface area contributed by atoms with E-state index >= 15 is 0 Å². The molecular weight excluding hydrogens is 380 g/mol. The van der Waals surface area contributed by atoms with Crippen molar-refractivity contribution in [2.45, 2.75) is 19.8 Å². The van der Waals surface area contributed by atoms with Crippen molar-refractivity contribution < 1.29 is 13.9 Å². The summed E-state index contributed by atoms with van der Waals surface area (Å²) in [7, 11) is 1.66. The lowest BCUT2D eigenvalue weighted by Gasteiger charge is -2.17. The van der Waals surface area contributed by atoms with E-state index in [1.807, 2.05) is 55.5 Å². The number of carbonyl (C=O) groups is 1. The molecule has 0 radical (unpaired) electrons. The van der Waals surface area contributed by atoms with Gasteiger partial charge in [0.25, 0.3) is 0 Å². The molecule has 2 aromatic carbocycles. The number of anilines is 1. The Bertz CT molecular complexity index is 1020. The summed E-state index contributed by atoms with van der Waals surface area (Å²) < 4.78 is 11.4. The minimum atomic E-state index is -0.135. The van der Waals surface area contributed by atoms with Gasteiger partial charge in [-0.3, -0.25) is 0 Å². The van der Waals surface area contributed by atoms with Crippen molar-refractivity contribution in [1.82, 2.24) is 15.1 Å². The standard InChI is InChI=1S/C23H26N4O3/c1-15-9-10-19(11-16(15)2)24-23(28)27-12-18(14-29-3)20(13-27)22-26-25-21(30-22)17-7-5-4-6-8-17/h4-11,18,20H,12-14H2,1-3H3,(H,24,28)/t18-,20+/m0/s1. The Morgan fingerprint density at radius 3 is 2.67 bits per heavy atom. The maximum absolute atomic E-state index is 12.9. The fourth-order valence-corrected chi connectivity index (χ4v) is 3.80. The van der Waals surface area contributed by atoms with Crippen LogP contribution < -0.4 is 5.32 Å². The number of carbonyl (C=O) groups excluding carboxylic acids is 1. The Morgan fingerprint density at radius 2 is 1.93 bits per heavy atom. The van der Waals surface area contributed by atoms with Crippen LogP contribution in [0.2, 0.25) is 0 Å². The number of likely N-dealkylation sites (tertiary alicyclic amines) is 1. The van der Waals surface area contributed by atoms with E-state index in [9.17, 15) is 4.79 Å². The maximum atomic E-state index is 12.9. The lowest BCUT2D eigenvalue weighted by Crippen LogP contribution is -2.33. The van der Waals surface area contributed by atoms with Crippen molar-refractivity contribution in [2.75, 3.05) is 32.1 Å². The van der Waals surface area contributed by atoms with Gasteiger partial charge in [0, 0.05) is 37.4 Å². The molecule has 1 aromatic heterocycles. The molecule has 1 fully saturated rings. The van der Waals surface area contributed by atoms with Gasteiger partial charge in [-0.1, -0.05) is 24.3 Å². The van der Waals surface area contributed by atoms with E-state index in [1.165, 1.54) is 5.56 Å². The van der Waals surface area contributed by atoms with E-state index < -0.39 is 0 Å². The number of nitrogens with one attached hydrogen (secondary N) is 1. The van der Waals surface area contributed by atoms with E-state index in [2.05, 4.69) is 22.4 Å². The first-order valence-electron chi connectivity index (χ1n) is 10.1. The highest BCUT2D eigenvalue weighted by atomic mass is 16.5. The van der Waals surface area contributed by atoms with Crippen molar-refractivity contribution in [3.8, 4) is 11.5 Å². The molecule has 2 heterocycles. The first kappa shape index (κ1) is 20.1. The third-order valence-electron chi connectivity index (χ3n) is 5.65. The average molecular weight is 406 g/mol. The lowest BCUT2D eigenvalue weighted by atomic mass is 9.97. The normalized spacial score (nSPS) is 18.6. The Balaban J connectivity index is 1.49. The molecule has 7 heteroatoms. The number of ether oxygens (including phenoxy) is 1. The van der Waals surface area contributed by atoms with Crippen molar-refractivity contribution in [2.24, 2.45) is 5.92 Å². The first-order valence-corrected chi connectivity index (χ1v) is 10.1. The van der Waals surface area contributed by atoms with Crippen LogP contribution in [-0.4, -0.2) is 47.9 Å². The quantitative estimate of drug-likeness (QED) is 0.685. The number of rotatable bonds is 5. The molecule has 0 aliphatic carbocycles. The number of methoxy groups -OCH3 is 1. The minimum Gasteiger partial charge on any atom is -0.420 e. The largest absolute Gasteiger partial charge is 0.420 e. The van der Waals surface area contributed by atoms with Gasteiger partial charge in [-0.05, 0) is 49.2 Å². The van der Waals surface area contributed by atoms with Crippen LogP contribution in [0, 0.1) is 19.8 Å². The second-order valence-corrected chi connectivity index (χ2v) is 7.77. The Morgan fingerprint density at radius 1 is 1.13 bits per heavy atom. The highest BCUT2D eigenvalue weighted by Crippen LogP contribution is 2.34. The molecule has 1 N–H and O–H groups in total. The molecule has 30 heavy (non-hydrogen) atoms. The first-order chi connectivity index (χ1) is 14.5. The fraction of sp³-hybridized carbons (Fsp3) is 0.348. The van der Waals surface area contributed by atoms with E-state index in [-0.39, 0.29) is 17.9 Å². The van der Waals surface area contributed by atoms with Crippen LogP contribution in [0.1, 0.15) is 22.9 Å². The minimum absolute atomic E-state index is 0.0691. The number of amides is 2. The van der Waals surface area contributed by atoms with E-state index in [0.29, 0.717) is 31.5 Å².